The Hall–Kier alpha value is -1.71. The first-order chi connectivity index (χ1) is 7.99. The Bertz CT molecular complexity index is 424. The van der Waals surface area contributed by atoms with Crippen LogP contribution in [0.1, 0.15) is 47.7 Å². The van der Waals surface area contributed by atoms with Crippen LogP contribution >= 0.6 is 0 Å². The van der Waals surface area contributed by atoms with Crippen molar-refractivity contribution >= 4 is 5.97 Å². The molecule has 0 unspecified atom stereocenters. The molecule has 0 atom stereocenters. The average molecular weight is 238 g/mol. The number of aromatic hydroxyl groups is 2. The molecule has 1 rings (SSSR count). The van der Waals surface area contributed by atoms with E-state index in [1.54, 1.807) is 6.92 Å². The van der Waals surface area contributed by atoms with Crippen molar-refractivity contribution in [2.45, 2.75) is 39.5 Å². The molecule has 0 bridgehead atoms. The molecule has 0 heterocycles. The van der Waals surface area contributed by atoms with Crippen LogP contribution in [0.5, 0.6) is 11.5 Å². The molecule has 17 heavy (non-hydrogen) atoms. The molecule has 4 nitrogen and oxygen atoms in total. The van der Waals surface area contributed by atoms with Gasteiger partial charge in [-0.05, 0) is 30.9 Å². The van der Waals surface area contributed by atoms with E-state index in [0.29, 0.717) is 17.5 Å². The highest BCUT2D eigenvalue weighted by atomic mass is 16.4. The van der Waals surface area contributed by atoms with Crippen LogP contribution in [-0.2, 0) is 6.42 Å². The van der Waals surface area contributed by atoms with Gasteiger partial charge in [-0.1, -0.05) is 19.8 Å². The van der Waals surface area contributed by atoms with E-state index in [1.807, 2.05) is 0 Å². The molecule has 94 valence electrons. The second-order valence-electron chi connectivity index (χ2n) is 4.16. The summed E-state index contributed by atoms with van der Waals surface area (Å²) in [6, 6.07) is 1.09. The number of carboxylic acid groups (broad SMARTS) is 1. The number of hydrogen-bond acceptors (Lipinski definition) is 3. The van der Waals surface area contributed by atoms with Gasteiger partial charge >= 0.3 is 5.97 Å². The van der Waals surface area contributed by atoms with Crippen LogP contribution in [0, 0.1) is 6.92 Å². The zero-order valence-corrected chi connectivity index (χ0v) is 10.2. The summed E-state index contributed by atoms with van der Waals surface area (Å²) in [6.07, 6.45) is 3.44. The first kappa shape index (κ1) is 13.4. The molecule has 0 amide bonds. The smallest absolute Gasteiger partial charge is 0.339 e. The molecule has 0 saturated heterocycles. The molecule has 0 aliphatic heterocycles. The molecule has 0 aromatic heterocycles. The van der Waals surface area contributed by atoms with E-state index in [9.17, 15) is 15.0 Å². The lowest BCUT2D eigenvalue weighted by Gasteiger charge is -2.13. The van der Waals surface area contributed by atoms with Crippen LogP contribution in [0.2, 0.25) is 0 Å². The Labute approximate surface area is 101 Å². The van der Waals surface area contributed by atoms with Gasteiger partial charge in [0.2, 0.25) is 0 Å². The third-order valence-corrected chi connectivity index (χ3v) is 2.91. The van der Waals surface area contributed by atoms with Crippen LogP contribution in [0.25, 0.3) is 0 Å². The SMILES string of the molecule is CCCCCc1c(C)c(O)cc(O)c1C(=O)O. The van der Waals surface area contributed by atoms with Crippen LogP contribution in [-0.4, -0.2) is 21.3 Å². The molecule has 0 radical (unpaired) electrons. The van der Waals surface area contributed by atoms with Crippen LogP contribution in [0.3, 0.4) is 0 Å². The number of rotatable bonds is 5. The zero-order valence-electron chi connectivity index (χ0n) is 10.2. The highest BCUT2D eigenvalue weighted by Crippen LogP contribution is 2.32. The zero-order chi connectivity index (χ0) is 13.0. The minimum absolute atomic E-state index is 0.0565. The molecule has 0 aliphatic carbocycles. The lowest BCUT2D eigenvalue weighted by molar-refractivity contribution is 0.0692. The van der Waals surface area contributed by atoms with Gasteiger partial charge in [-0.2, -0.15) is 0 Å². The average Bonchev–Trinajstić information content (AvgIpc) is 2.24. The minimum atomic E-state index is -1.16. The summed E-state index contributed by atoms with van der Waals surface area (Å²) in [5.74, 6) is -1.58. The fourth-order valence-electron chi connectivity index (χ4n) is 1.91. The fraction of sp³-hybridized carbons (Fsp3) is 0.462. The van der Waals surface area contributed by atoms with E-state index in [2.05, 4.69) is 6.92 Å². The maximum absolute atomic E-state index is 11.1. The summed E-state index contributed by atoms with van der Waals surface area (Å²) in [6.45, 7) is 3.73. The van der Waals surface area contributed by atoms with Gasteiger partial charge in [0.15, 0.2) is 0 Å². The largest absolute Gasteiger partial charge is 0.508 e. The molecular weight excluding hydrogens is 220 g/mol. The standard InChI is InChI=1S/C13H18O4/c1-3-4-5-6-9-8(2)10(14)7-11(15)12(9)13(16)17/h7,14-15H,3-6H2,1-2H3,(H,16,17). The van der Waals surface area contributed by atoms with Crippen molar-refractivity contribution in [2.24, 2.45) is 0 Å². The van der Waals surface area contributed by atoms with Crippen LogP contribution < -0.4 is 0 Å². The Kier molecular flexibility index (Phi) is 4.37. The first-order valence-electron chi connectivity index (χ1n) is 5.76. The van der Waals surface area contributed by atoms with Crippen molar-refractivity contribution in [3.8, 4) is 11.5 Å². The second-order valence-corrected chi connectivity index (χ2v) is 4.16. The van der Waals surface area contributed by atoms with E-state index >= 15 is 0 Å². The predicted molar refractivity (Wildman–Crippen MR) is 64.7 cm³/mol. The molecule has 0 spiro atoms. The first-order valence-corrected chi connectivity index (χ1v) is 5.76. The van der Waals surface area contributed by atoms with Gasteiger partial charge in [0, 0.05) is 6.07 Å². The minimum Gasteiger partial charge on any atom is -0.508 e. The number of unbranched alkanes of at least 4 members (excludes halogenated alkanes) is 2. The lowest BCUT2D eigenvalue weighted by atomic mass is 9.95. The predicted octanol–water partition coefficient (Wildman–Crippen LogP) is 2.84. The van der Waals surface area contributed by atoms with E-state index in [1.165, 1.54) is 0 Å². The summed E-state index contributed by atoms with van der Waals surface area (Å²) in [5.41, 5.74) is 0.983. The van der Waals surface area contributed by atoms with Crippen molar-refractivity contribution in [1.82, 2.24) is 0 Å². The summed E-state index contributed by atoms with van der Waals surface area (Å²) in [7, 11) is 0. The molecule has 4 heteroatoms. The second kappa shape index (κ2) is 5.57. The molecule has 3 N–H and O–H groups in total. The highest BCUT2D eigenvalue weighted by molar-refractivity contribution is 5.93. The van der Waals surface area contributed by atoms with E-state index in [-0.39, 0.29) is 17.1 Å². The Morgan fingerprint density at radius 2 is 1.88 bits per heavy atom. The topological polar surface area (TPSA) is 77.8 Å². The summed E-state index contributed by atoms with van der Waals surface area (Å²) >= 11 is 0. The van der Waals surface area contributed by atoms with Gasteiger partial charge in [-0.15, -0.1) is 0 Å². The number of carboxylic acids is 1. The third kappa shape index (κ3) is 2.90. The van der Waals surface area contributed by atoms with Gasteiger partial charge < -0.3 is 15.3 Å². The van der Waals surface area contributed by atoms with Gasteiger partial charge in [-0.25, -0.2) is 4.79 Å². The van der Waals surface area contributed by atoms with Crippen LogP contribution in [0.4, 0.5) is 0 Å². The number of aromatic carboxylic acids is 1. The summed E-state index contributed by atoms with van der Waals surface area (Å²) in [4.78, 5) is 11.1. The van der Waals surface area contributed by atoms with Crippen LogP contribution in [0.15, 0.2) is 6.07 Å². The Balaban J connectivity index is 3.18. The van der Waals surface area contributed by atoms with E-state index < -0.39 is 5.97 Å². The van der Waals surface area contributed by atoms with Crippen molar-refractivity contribution in [3.05, 3.63) is 22.8 Å². The van der Waals surface area contributed by atoms with Crippen molar-refractivity contribution in [3.63, 3.8) is 0 Å². The quantitative estimate of drug-likeness (QED) is 0.689. The number of phenolic OH excluding ortho intramolecular Hbond substituents is 1. The number of hydrogen-bond donors (Lipinski definition) is 3. The van der Waals surface area contributed by atoms with E-state index in [0.717, 1.165) is 25.3 Å². The Morgan fingerprint density at radius 1 is 1.24 bits per heavy atom. The maximum Gasteiger partial charge on any atom is 0.339 e. The molecule has 1 aromatic rings. The molecular formula is C13H18O4. The third-order valence-electron chi connectivity index (χ3n) is 2.91. The van der Waals surface area contributed by atoms with Crippen molar-refractivity contribution in [1.29, 1.82) is 0 Å². The monoisotopic (exact) mass is 238 g/mol. The summed E-state index contributed by atoms with van der Waals surface area (Å²) < 4.78 is 0. The van der Waals surface area contributed by atoms with E-state index in [4.69, 9.17) is 5.11 Å². The molecule has 0 fully saturated rings. The normalized spacial score (nSPS) is 10.5. The van der Waals surface area contributed by atoms with Gasteiger partial charge in [-0.3, -0.25) is 0 Å². The highest BCUT2D eigenvalue weighted by Gasteiger charge is 2.19. The maximum atomic E-state index is 11.1. The number of phenols is 2. The molecule has 1 aromatic carbocycles. The Morgan fingerprint density at radius 3 is 2.41 bits per heavy atom. The molecule has 0 saturated carbocycles. The summed E-state index contributed by atoms with van der Waals surface area (Å²) in [5, 5.41) is 28.3. The number of benzene rings is 1. The lowest BCUT2D eigenvalue weighted by Crippen LogP contribution is -2.05. The van der Waals surface area contributed by atoms with Crippen molar-refractivity contribution < 1.29 is 20.1 Å². The van der Waals surface area contributed by atoms with Gasteiger partial charge in [0.1, 0.15) is 17.1 Å². The molecule has 0 aliphatic rings. The van der Waals surface area contributed by atoms with Gasteiger partial charge in [0.25, 0.3) is 0 Å². The van der Waals surface area contributed by atoms with Gasteiger partial charge in [0.05, 0.1) is 0 Å². The fourth-order valence-corrected chi connectivity index (χ4v) is 1.91. The van der Waals surface area contributed by atoms with Crippen molar-refractivity contribution in [2.75, 3.05) is 0 Å². The number of carbonyl (C=O) groups is 1.